The molecule has 3 rings (SSSR count). The van der Waals surface area contributed by atoms with Crippen molar-refractivity contribution in [2.75, 3.05) is 0 Å². The summed E-state index contributed by atoms with van der Waals surface area (Å²) < 4.78 is 0.995. The highest BCUT2D eigenvalue weighted by Crippen LogP contribution is 2.27. The Morgan fingerprint density at radius 3 is 2.74 bits per heavy atom. The normalized spacial score (nSPS) is 10.4. The molecule has 0 bridgehead atoms. The maximum absolute atomic E-state index is 12.1. The molecule has 7 heteroatoms. The summed E-state index contributed by atoms with van der Waals surface area (Å²) in [5.74, 6) is -0.190. The predicted molar refractivity (Wildman–Crippen MR) is 108 cm³/mol. The summed E-state index contributed by atoms with van der Waals surface area (Å²) in [4.78, 5) is 16.0. The molecule has 1 heterocycles. The van der Waals surface area contributed by atoms with Gasteiger partial charge in [0.05, 0.1) is 11.6 Å². The van der Waals surface area contributed by atoms with Crippen LogP contribution in [0.4, 0.5) is 0 Å². The molecule has 0 aliphatic heterocycles. The monoisotopic (exact) mass is 441 g/mol. The van der Waals surface area contributed by atoms with Crippen LogP contribution in [-0.4, -0.2) is 16.0 Å². The Balaban J connectivity index is 1.78. The third-order valence-electron chi connectivity index (χ3n) is 4.15. The summed E-state index contributed by atoms with van der Waals surface area (Å²) in [7, 11) is 0. The van der Waals surface area contributed by atoms with Crippen molar-refractivity contribution in [2.24, 2.45) is 0 Å². The quantitative estimate of drug-likeness (QED) is 0.599. The minimum absolute atomic E-state index is 0.0913. The second-order valence-electron chi connectivity index (χ2n) is 5.82. The fraction of sp³-hybridized carbons (Fsp3) is 0.150. The van der Waals surface area contributed by atoms with Crippen LogP contribution in [0.2, 0.25) is 0 Å². The van der Waals surface area contributed by atoms with Gasteiger partial charge in [-0.3, -0.25) is 4.79 Å². The molecule has 0 saturated heterocycles. The Morgan fingerprint density at radius 1 is 1.22 bits per heavy atom. The van der Waals surface area contributed by atoms with E-state index >= 15 is 0 Å². The molecule has 0 fully saturated rings. The van der Waals surface area contributed by atoms with E-state index in [1.807, 2.05) is 24.3 Å². The number of phenols is 1. The third kappa shape index (κ3) is 4.54. The zero-order chi connectivity index (χ0) is 19.2. The van der Waals surface area contributed by atoms with Gasteiger partial charge in [0.1, 0.15) is 5.75 Å². The van der Waals surface area contributed by atoms with Crippen LogP contribution in [0, 0.1) is 11.3 Å². The standard InChI is InChI=1S/C20H16BrN3O2S/c21-17-4-2-1-3-13(17)5-7-15-16(11-22)14(6-8-18(15)25)12-24-19(26)20-23-9-10-27-20/h1-4,6,8-10,25H,5,7,12H2,(H,24,26). The summed E-state index contributed by atoms with van der Waals surface area (Å²) in [6, 6.07) is 13.3. The van der Waals surface area contributed by atoms with Crippen molar-refractivity contribution < 1.29 is 9.90 Å². The summed E-state index contributed by atoms with van der Waals surface area (Å²) in [6.07, 6.45) is 2.77. The number of phenolic OH excluding ortho intramolecular Hbond substituents is 1. The van der Waals surface area contributed by atoms with Gasteiger partial charge in [-0.2, -0.15) is 5.26 Å². The van der Waals surface area contributed by atoms with E-state index in [0.29, 0.717) is 34.5 Å². The van der Waals surface area contributed by atoms with E-state index < -0.39 is 0 Å². The van der Waals surface area contributed by atoms with Crippen molar-refractivity contribution in [3.63, 3.8) is 0 Å². The molecule has 1 amide bonds. The number of aromatic hydroxyl groups is 1. The lowest BCUT2D eigenvalue weighted by molar-refractivity contribution is 0.0950. The van der Waals surface area contributed by atoms with Gasteiger partial charge in [0.15, 0.2) is 5.01 Å². The Kier molecular flexibility index (Phi) is 6.22. The van der Waals surface area contributed by atoms with Crippen LogP contribution in [0.25, 0.3) is 0 Å². The molecule has 0 aliphatic rings. The number of nitriles is 1. The Labute approximate surface area is 169 Å². The molecular formula is C20H16BrN3O2S. The van der Waals surface area contributed by atoms with E-state index in [-0.39, 0.29) is 18.2 Å². The lowest BCUT2D eigenvalue weighted by atomic mass is 9.95. The summed E-state index contributed by atoms with van der Waals surface area (Å²) in [5.41, 5.74) is 2.77. The molecule has 2 aromatic carbocycles. The van der Waals surface area contributed by atoms with Crippen molar-refractivity contribution in [1.82, 2.24) is 10.3 Å². The van der Waals surface area contributed by atoms with Crippen molar-refractivity contribution in [2.45, 2.75) is 19.4 Å². The van der Waals surface area contributed by atoms with Crippen molar-refractivity contribution in [1.29, 1.82) is 5.26 Å². The Bertz CT molecular complexity index is 997. The first-order chi connectivity index (χ1) is 13.1. The first kappa shape index (κ1) is 19.1. The topological polar surface area (TPSA) is 86.0 Å². The maximum atomic E-state index is 12.1. The molecule has 136 valence electrons. The number of hydrogen-bond acceptors (Lipinski definition) is 5. The van der Waals surface area contributed by atoms with E-state index in [2.05, 4.69) is 32.3 Å². The second kappa shape index (κ2) is 8.80. The van der Waals surface area contributed by atoms with Crippen LogP contribution in [0.3, 0.4) is 0 Å². The minimum Gasteiger partial charge on any atom is -0.508 e. The predicted octanol–water partition coefficient (Wildman–Crippen LogP) is 4.20. The largest absolute Gasteiger partial charge is 0.508 e. The molecular weight excluding hydrogens is 426 g/mol. The number of thiazole rings is 1. The van der Waals surface area contributed by atoms with Crippen molar-refractivity contribution >= 4 is 33.2 Å². The fourth-order valence-electron chi connectivity index (χ4n) is 2.77. The average Bonchev–Trinajstić information content (AvgIpc) is 3.21. The van der Waals surface area contributed by atoms with E-state index in [0.717, 1.165) is 10.0 Å². The molecule has 0 aliphatic carbocycles. The van der Waals surface area contributed by atoms with Crippen LogP contribution >= 0.6 is 27.3 Å². The second-order valence-corrected chi connectivity index (χ2v) is 7.57. The molecule has 0 radical (unpaired) electrons. The van der Waals surface area contributed by atoms with Crippen LogP contribution in [0.5, 0.6) is 5.75 Å². The number of halogens is 1. The number of carbonyl (C=O) groups is 1. The Morgan fingerprint density at radius 2 is 2.04 bits per heavy atom. The zero-order valence-electron chi connectivity index (χ0n) is 14.3. The molecule has 0 spiro atoms. The number of hydrogen-bond donors (Lipinski definition) is 2. The molecule has 0 atom stereocenters. The number of nitrogens with zero attached hydrogens (tertiary/aromatic N) is 2. The van der Waals surface area contributed by atoms with Gasteiger partial charge in [-0.05, 0) is 36.1 Å². The molecule has 27 heavy (non-hydrogen) atoms. The van der Waals surface area contributed by atoms with Crippen molar-refractivity contribution in [3.8, 4) is 11.8 Å². The summed E-state index contributed by atoms with van der Waals surface area (Å²) in [6.45, 7) is 0.198. The van der Waals surface area contributed by atoms with Gasteiger partial charge in [-0.15, -0.1) is 11.3 Å². The van der Waals surface area contributed by atoms with Gasteiger partial charge in [0.2, 0.25) is 0 Å². The number of aromatic nitrogens is 1. The number of carbonyl (C=O) groups excluding carboxylic acids is 1. The van der Waals surface area contributed by atoms with Gasteiger partial charge < -0.3 is 10.4 Å². The summed E-state index contributed by atoms with van der Waals surface area (Å²) >= 11 is 4.77. The maximum Gasteiger partial charge on any atom is 0.280 e. The zero-order valence-corrected chi connectivity index (χ0v) is 16.7. The number of amides is 1. The van der Waals surface area contributed by atoms with Gasteiger partial charge in [-0.25, -0.2) is 4.98 Å². The lowest BCUT2D eigenvalue weighted by Crippen LogP contribution is -2.23. The van der Waals surface area contributed by atoms with Gasteiger partial charge in [-0.1, -0.05) is 40.2 Å². The number of nitrogens with one attached hydrogen (secondary N) is 1. The highest BCUT2D eigenvalue weighted by atomic mass is 79.9. The van der Waals surface area contributed by atoms with Crippen LogP contribution in [-0.2, 0) is 19.4 Å². The molecule has 0 unspecified atom stereocenters. The van der Waals surface area contributed by atoms with Gasteiger partial charge in [0, 0.05) is 28.2 Å². The average molecular weight is 442 g/mol. The van der Waals surface area contributed by atoms with E-state index in [4.69, 9.17) is 0 Å². The minimum atomic E-state index is -0.281. The van der Waals surface area contributed by atoms with Crippen molar-refractivity contribution in [3.05, 3.63) is 79.7 Å². The molecule has 2 N–H and O–H groups in total. The van der Waals surface area contributed by atoms with Crippen LogP contribution in [0.1, 0.15) is 32.1 Å². The number of benzene rings is 2. The summed E-state index contributed by atoms with van der Waals surface area (Å²) in [5, 5.41) is 24.8. The molecule has 3 aromatic rings. The van der Waals surface area contributed by atoms with E-state index in [1.54, 1.807) is 23.7 Å². The van der Waals surface area contributed by atoms with Crippen LogP contribution < -0.4 is 5.32 Å². The Hall–Kier alpha value is -2.69. The van der Waals surface area contributed by atoms with E-state index in [1.165, 1.54) is 11.3 Å². The van der Waals surface area contributed by atoms with Gasteiger partial charge in [0.25, 0.3) is 5.91 Å². The highest BCUT2D eigenvalue weighted by Gasteiger charge is 2.15. The van der Waals surface area contributed by atoms with Gasteiger partial charge >= 0.3 is 0 Å². The fourth-order valence-corrected chi connectivity index (χ4v) is 3.81. The number of rotatable bonds is 6. The van der Waals surface area contributed by atoms with E-state index in [9.17, 15) is 15.2 Å². The third-order valence-corrected chi connectivity index (χ3v) is 5.70. The molecule has 5 nitrogen and oxygen atoms in total. The highest BCUT2D eigenvalue weighted by molar-refractivity contribution is 9.10. The molecule has 1 aromatic heterocycles. The van der Waals surface area contributed by atoms with Crippen LogP contribution in [0.15, 0.2) is 52.4 Å². The first-order valence-electron chi connectivity index (χ1n) is 8.25. The first-order valence-corrected chi connectivity index (χ1v) is 9.92. The number of aryl methyl sites for hydroxylation is 1. The smallest absolute Gasteiger partial charge is 0.280 e. The SMILES string of the molecule is N#Cc1c(CNC(=O)c2nccs2)ccc(O)c1CCc1ccccc1Br. The molecule has 0 saturated carbocycles. The lowest BCUT2D eigenvalue weighted by Gasteiger charge is -2.13.